The fourth-order valence-electron chi connectivity index (χ4n) is 2.61. The van der Waals surface area contributed by atoms with Crippen LogP contribution in [0.4, 0.5) is 0 Å². The number of carbonyl (C=O) groups is 1. The second-order valence-electron chi connectivity index (χ2n) is 5.49. The van der Waals surface area contributed by atoms with Gasteiger partial charge in [0.2, 0.25) is 5.91 Å². The number of aryl methyl sites for hydroxylation is 1. The molecule has 2 N–H and O–H groups in total. The van der Waals surface area contributed by atoms with Crippen LogP contribution in [0, 0.1) is 6.92 Å². The van der Waals surface area contributed by atoms with Crippen molar-refractivity contribution in [1.29, 1.82) is 0 Å². The van der Waals surface area contributed by atoms with Crippen LogP contribution < -0.4 is 5.73 Å². The predicted octanol–water partition coefficient (Wildman–Crippen LogP) is 2.92. The van der Waals surface area contributed by atoms with E-state index in [-0.39, 0.29) is 5.91 Å². The monoisotopic (exact) mass is 290 g/mol. The molecule has 0 unspecified atom stereocenters. The quantitative estimate of drug-likeness (QED) is 0.871. The molecule has 1 aromatic carbocycles. The topological polar surface area (TPSA) is 46.3 Å². The van der Waals surface area contributed by atoms with Crippen molar-refractivity contribution in [2.75, 3.05) is 6.54 Å². The minimum absolute atomic E-state index is 0.280. The Bertz CT molecular complexity index is 513. The molecule has 1 aromatic rings. The molecule has 1 heterocycles. The molecule has 1 fully saturated rings. The summed E-state index contributed by atoms with van der Waals surface area (Å²) in [6.07, 6.45) is 5.22. The van der Waals surface area contributed by atoms with Gasteiger partial charge in [-0.15, -0.1) is 0 Å². The first-order valence-corrected chi connectivity index (χ1v) is 7.66. The number of hydrogen-bond donors (Lipinski definition) is 1. The second-order valence-corrected chi connectivity index (χ2v) is 5.92. The molecule has 2 rings (SSSR count). The fraction of sp³-hybridized carbons (Fsp3) is 0.500. The normalized spacial score (nSPS) is 16.6. The number of likely N-dealkylation sites (tertiary alicyclic amines) is 1. The van der Waals surface area contributed by atoms with Crippen molar-refractivity contribution in [3.63, 3.8) is 0 Å². The molecule has 20 heavy (non-hydrogen) atoms. The van der Waals surface area contributed by atoms with E-state index in [1.54, 1.807) is 0 Å². The Labute approximate surface area is 126 Å². The molecular formula is C16H22N2OS. The SMILES string of the molecule is Cc1cc(C(N)=S)ccc1CN1CCCCCCC1=O. The zero-order chi connectivity index (χ0) is 14.5. The lowest BCUT2D eigenvalue weighted by atomic mass is 10.0. The number of nitrogens with two attached hydrogens (primary N) is 1. The van der Waals surface area contributed by atoms with Gasteiger partial charge in [0.1, 0.15) is 4.99 Å². The number of amides is 1. The molecule has 108 valence electrons. The first-order valence-electron chi connectivity index (χ1n) is 7.25. The molecule has 0 radical (unpaired) electrons. The van der Waals surface area contributed by atoms with Crippen LogP contribution in [-0.4, -0.2) is 22.3 Å². The van der Waals surface area contributed by atoms with Crippen molar-refractivity contribution in [3.8, 4) is 0 Å². The van der Waals surface area contributed by atoms with Crippen molar-refractivity contribution in [2.24, 2.45) is 5.73 Å². The summed E-state index contributed by atoms with van der Waals surface area (Å²) in [5.74, 6) is 0.280. The highest BCUT2D eigenvalue weighted by molar-refractivity contribution is 7.80. The van der Waals surface area contributed by atoms with Gasteiger partial charge in [-0.3, -0.25) is 4.79 Å². The van der Waals surface area contributed by atoms with Gasteiger partial charge in [-0.05, 0) is 37.0 Å². The third-order valence-corrected chi connectivity index (χ3v) is 4.15. The highest BCUT2D eigenvalue weighted by Gasteiger charge is 2.16. The van der Waals surface area contributed by atoms with Gasteiger partial charge >= 0.3 is 0 Å². The Morgan fingerprint density at radius 3 is 2.75 bits per heavy atom. The highest BCUT2D eigenvalue weighted by Crippen LogP contribution is 2.17. The van der Waals surface area contributed by atoms with Crippen LogP contribution in [-0.2, 0) is 11.3 Å². The number of hydrogen-bond acceptors (Lipinski definition) is 2. The fourth-order valence-corrected chi connectivity index (χ4v) is 2.74. The van der Waals surface area contributed by atoms with Crippen LogP contribution in [0.15, 0.2) is 18.2 Å². The molecule has 1 aliphatic rings. The molecule has 1 aliphatic heterocycles. The maximum atomic E-state index is 12.1. The van der Waals surface area contributed by atoms with Gasteiger partial charge in [0.25, 0.3) is 0 Å². The van der Waals surface area contributed by atoms with Crippen LogP contribution in [0.2, 0.25) is 0 Å². The lowest BCUT2D eigenvalue weighted by molar-refractivity contribution is -0.132. The van der Waals surface area contributed by atoms with Crippen LogP contribution in [0.5, 0.6) is 0 Å². The molecule has 0 aromatic heterocycles. The van der Waals surface area contributed by atoms with Crippen molar-refractivity contribution in [1.82, 2.24) is 4.90 Å². The van der Waals surface area contributed by atoms with Gasteiger partial charge in [-0.1, -0.05) is 37.2 Å². The zero-order valence-electron chi connectivity index (χ0n) is 12.0. The van der Waals surface area contributed by atoms with Gasteiger partial charge in [0.15, 0.2) is 0 Å². The molecule has 0 atom stereocenters. The van der Waals surface area contributed by atoms with Crippen LogP contribution in [0.1, 0.15) is 48.8 Å². The van der Waals surface area contributed by atoms with Gasteiger partial charge in [0.05, 0.1) is 0 Å². The Morgan fingerprint density at radius 2 is 2.05 bits per heavy atom. The van der Waals surface area contributed by atoms with Gasteiger partial charge in [-0.25, -0.2) is 0 Å². The lowest BCUT2D eigenvalue weighted by Gasteiger charge is -2.25. The van der Waals surface area contributed by atoms with E-state index in [0.29, 0.717) is 18.0 Å². The summed E-state index contributed by atoms with van der Waals surface area (Å²) >= 11 is 4.99. The average Bonchev–Trinajstić information content (AvgIpc) is 2.40. The highest BCUT2D eigenvalue weighted by atomic mass is 32.1. The zero-order valence-corrected chi connectivity index (χ0v) is 12.8. The second kappa shape index (κ2) is 6.84. The standard InChI is InChI=1S/C16H22N2OS/c1-12-10-13(16(17)20)7-8-14(12)11-18-9-5-3-2-4-6-15(18)19/h7-8,10H,2-6,9,11H2,1H3,(H2,17,20). The summed E-state index contributed by atoms with van der Waals surface area (Å²) in [6, 6.07) is 5.99. The summed E-state index contributed by atoms with van der Waals surface area (Å²) < 4.78 is 0. The summed E-state index contributed by atoms with van der Waals surface area (Å²) in [5, 5.41) is 0. The van der Waals surface area contributed by atoms with E-state index < -0.39 is 0 Å². The van der Waals surface area contributed by atoms with E-state index in [0.717, 1.165) is 30.5 Å². The van der Waals surface area contributed by atoms with Gasteiger partial charge < -0.3 is 10.6 Å². The number of thiocarbonyl (C=S) groups is 1. The average molecular weight is 290 g/mol. The van der Waals surface area contributed by atoms with Crippen molar-refractivity contribution < 1.29 is 4.79 Å². The van der Waals surface area contributed by atoms with E-state index in [1.165, 1.54) is 18.4 Å². The van der Waals surface area contributed by atoms with E-state index in [4.69, 9.17) is 18.0 Å². The number of nitrogens with zero attached hydrogens (tertiary/aromatic N) is 1. The molecular weight excluding hydrogens is 268 g/mol. The van der Waals surface area contributed by atoms with E-state index >= 15 is 0 Å². The minimum Gasteiger partial charge on any atom is -0.389 e. The molecule has 3 nitrogen and oxygen atoms in total. The number of rotatable bonds is 3. The third-order valence-electron chi connectivity index (χ3n) is 3.91. The van der Waals surface area contributed by atoms with E-state index in [9.17, 15) is 4.79 Å². The summed E-state index contributed by atoms with van der Waals surface area (Å²) in [5.41, 5.74) is 8.86. The molecule has 1 saturated heterocycles. The first kappa shape index (κ1) is 15.0. The summed E-state index contributed by atoms with van der Waals surface area (Å²) in [6.45, 7) is 3.61. The minimum atomic E-state index is 0.280. The molecule has 0 bridgehead atoms. The Balaban J connectivity index is 2.11. The maximum absolute atomic E-state index is 12.1. The van der Waals surface area contributed by atoms with Crippen LogP contribution in [0.25, 0.3) is 0 Å². The van der Waals surface area contributed by atoms with Crippen molar-refractivity contribution >= 4 is 23.1 Å². The number of benzene rings is 1. The third kappa shape index (κ3) is 3.79. The molecule has 1 amide bonds. The first-order chi connectivity index (χ1) is 9.58. The van der Waals surface area contributed by atoms with E-state index in [1.807, 2.05) is 30.0 Å². The lowest BCUT2D eigenvalue weighted by Crippen LogP contribution is -2.32. The Morgan fingerprint density at radius 1 is 1.30 bits per heavy atom. The summed E-state index contributed by atoms with van der Waals surface area (Å²) in [7, 11) is 0. The molecule has 4 heteroatoms. The van der Waals surface area contributed by atoms with Crippen molar-refractivity contribution in [2.45, 2.75) is 45.6 Å². The smallest absolute Gasteiger partial charge is 0.222 e. The summed E-state index contributed by atoms with van der Waals surface area (Å²) in [4.78, 5) is 14.5. The van der Waals surface area contributed by atoms with Crippen LogP contribution >= 0.6 is 12.2 Å². The van der Waals surface area contributed by atoms with E-state index in [2.05, 4.69) is 0 Å². The van der Waals surface area contributed by atoms with Crippen molar-refractivity contribution in [3.05, 3.63) is 34.9 Å². The van der Waals surface area contributed by atoms with Crippen LogP contribution in [0.3, 0.4) is 0 Å². The maximum Gasteiger partial charge on any atom is 0.222 e. The molecule has 0 aliphatic carbocycles. The Hall–Kier alpha value is -1.42. The molecule has 0 spiro atoms. The Kier molecular flexibility index (Phi) is 5.12. The molecule has 0 saturated carbocycles. The number of carbonyl (C=O) groups excluding carboxylic acids is 1. The van der Waals surface area contributed by atoms with Gasteiger partial charge in [0, 0.05) is 25.1 Å². The van der Waals surface area contributed by atoms with Gasteiger partial charge in [-0.2, -0.15) is 0 Å². The predicted molar refractivity (Wildman–Crippen MR) is 85.6 cm³/mol. The largest absolute Gasteiger partial charge is 0.389 e.